The van der Waals surface area contributed by atoms with E-state index in [0.29, 0.717) is 5.65 Å². The number of carbonyl (C=O) groups is 2. The van der Waals surface area contributed by atoms with Crippen LogP contribution < -0.4 is 16.3 Å². The van der Waals surface area contributed by atoms with E-state index >= 15 is 0 Å². The van der Waals surface area contributed by atoms with Gasteiger partial charge in [-0.05, 0) is 44.0 Å². The smallest absolute Gasteiger partial charge is 0.345 e. The van der Waals surface area contributed by atoms with Crippen molar-refractivity contribution in [3.05, 3.63) is 63.7 Å². The number of pyridine rings is 1. The summed E-state index contributed by atoms with van der Waals surface area (Å²) in [6.45, 7) is 5.39. The van der Waals surface area contributed by atoms with Gasteiger partial charge in [0.1, 0.15) is 6.54 Å². The van der Waals surface area contributed by atoms with Crippen LogP contribution in [0.15, 0.2) is 41.3 Å². The third-order valence-corrected chi connectivity index (χ3v) is 4.17. The lowest BCUT2D eigenvalue weighted by Crippen LogP contribution is -2.37. The molecule has 0 unspecified atom stereocenters. The number of fused-ring (bicyclic) bond motifs is 1. The van der Waals surface area contributed by atoms with E-state index in [4.69, 9.17) is 0 Å². The number of benzene rings is 1. The first-order valence-electron chi connectivity index (χ1n) is 8.54. The van der Waals surface area contributed by atoms with Crippen LogP contribution in [0.3, 0.4) is 0 Å². The number of hydrogen-bond donors (Lipinski definition) is 2. The topological polar surface area (TPSA) is 97.5 Å². The first-order valence-corrected chi connectivity index (χ1v) is 8.54. The van der Waals surface area contributed by atoms with Gasteiger partial charge in [0.15, 0.2) is 5.65 Å². The second kappa shape index (κ2) is 7.45. The monoisotopic (exact) mass is 367 g/mol. The SMILES string of the molecule is Cc1cc(C)c(NC(=O)CNC(=O)Cn2nc3ccccn3c2=O)c(C)c1. The van der Waals surface area contributed by atoms with E-state index in [0.717, 1.165) is 27.1 Å². The number of nitrogens with zero attached hydrogens (tertiary/aromatic N) is 3. The lowest BCUT2D eigenvalue weighted by molar-refractivity contribution is -0.124. The molecule has 0 saturated heterocycles. The number of anilines is 1. The highest BCUT2D eigenvalue weighted by Gasteiger charge is 2.13. The Hall–Kier alpha value is -3.42. The van der Waals surface area contributed by atoms with Gasteiger partial charge >= 0.3 is 5.69 Å². The molecule has 0 aliphatic carbocycles. The van der Waals surface area contributed by atoms with Gasteiger partial charge < -0.3 is 10.6 Å². The Morgan fingerprint density at radius 1 is 1.07 bits per heavy atom. The molecule has 0 fully saturated rings. The summed E-state index contributed by atoms with van der Waals surface area (Å²) in [5, 5.41) is 9.41. The molecule has 0 saturated carbocycles. The molecule has 2 heterocycles. The van der Waals surface area contributed by atoms with Gasteiger partial charge in [-0.2, -0.15) is 0 Å². The van der Waals surface area contributed by atoms with Crippen LogP contribution in [0.5, 0.6) is 0 Å². The van der Waals surface area contributed by atoms with Crippen LogP contribution in [0.1, 0.15) is 16.7 Å². The molecule has 8 nitrogen and oxygen atoms in total. The Morgan fingerprint density at radius 2 is 1.78 bits per heavy atom. The maximum Gasteiger partial charge on any atom is 0.350 e. The average Bonchev–Trinajstić information content (AvgIpc) is 2.92. The zero-order valence-corrected chi connectivity index (χ0v) is 15.4. The molecule has 140 valence electrons. The van der Waals surface area contributed by atoms with Crippen LogP contribution in [0.4, 0.5) is 5.69 Å². The Labute approximate surface area is 155 Å². The molecule has 2 N–H and O–H groups in total. The fourth-order valence-corrected chi connectivity index (χ4v) is 3.00. The number of rotatable bonds is 5. The fourth-order valence-electron chi connectivity index (χ4n) is 3.00. The third kappa shape index (κ3) is 4.05. The zero-order chi connectivity index (χ0) is 19.6. The van der Waals surface area contributed by atoms with E-state index in [9.17, 15) is 14.4 Å². The Kier molecular flexibility index (Phi) is 5.07. The molecular weight excluding hydrogens is 346 g/mol. The van der Waals surface area contributed by atoms with Crippen LogP contribution >= 0.6 is 0 Å². The van der Waals surface area contributed by atoms with Crippen molar-refractivity contribution in [3.63, 3.8) is 0 Å². The lowest BCUT2D eigenvalue weighted by Gasteiger charge is -2.13. The number of carbonyl (C=O) groups excluding carboxylic acids is 2. The minimum absolute atomic E-state index is 0.187. The highest BCUT2D eigenvalue weighted by atomic mass is 16.2. The predicted octanol–water partition coefficient (Wildman–Crippen LogP) is 1.18. The van der Waals surface area contributed by atoms with E-state index < -0.39 is 11.6 Å². The molecule has 2 aromatic heterocycles. The number of amides is 2. The molecule has 3 aromatic rings. The molecule has 0 atom stereocenters. The summed E-state index contributed by atoms with van der Waals surface area (Å²) in [5.74, 6) is -0.797. The molecule has 0 bridgehead atoms. The number of hydrogen-bond acceptors (Lipinski definition) is 4. The zero-order valence-electron chi connectivity index (χ0n) is 15.4. The summed E-state index contributed by atoms with van der Waals surface area (Å²) in [7, 11) is 0. The van der Waals surface area contributed by atoms with Gasteiger partial charge in [0.2, 0.25) is 11.8 Å². The van der Waals surface area contributed by atoms with Crippen LogP contribution in [-0.2, 0) is 16.1 Å². The minimum atomic E-state index is -0.465. The van der Waals surface area contributed by atoms with Crippen LogP contribution in [0, 0.1) is 20.8 Å². The Bertz CT molecular complexity index is 1060. The highest BCUT2D eigenvalue weighted by Crippen LogP contribution is 2.21. The molecule has 0 radical (unpaired) electrons. The van der Waals surface area contributed by atoms with E-state index in [2.05, 4.69) is 15.7 Å². The molecule has 8 heteroatoms. The lowest BCUT2D eigenvalue weighted by atomic mass is 10.1. The van der Waals surface area contributed by atoms with Crippen molar-refractivity contribution in [2.24, 2.45) is 0 Å². The van der Waals surface area contributed by atoms with E-state index in [1.54, 1.807) is 24.4 Å². The normalized spacial score (nSPS) is 10.8. The second-order valence-electron chi connectivity index (χ2n) is 6.47. The number of aryl methyl sites for hydroxylation is 3. The van der Waals surface area contributed by atoms with E-state index in [1.807, 2.05) is 32.9 Å². The summed E-state index contributed by atoms with van der Waals surface area (Å²) in [6, 6.07) is 9.11. The van der Waals surface area contributed by atoms with Crippen molar-refractivity contribution in [1.82, 2.24) is 19.5 Å². The fraction of sp³-hybridized carbons (Fsp3) is 0.263. The summed E-state index contributed by atoms with van der Waals surface area (Å²) in [4.78, 5) is 36.4. The van der Waals surface area contributed by atoms with Gasteiger partial charge in [-0.25, -0.2) is 9.48 Å². The second-order valence-corrected chi connectivity index (χ2v) is 6.47. The van der Waals surface area contributed by atoms with Gasteiger partial charge in [-0.3, -0.25) is 14.0 Å². The van der Waals surface area contributed by atoms with Crippen molar-refractivity contribution in [2.45, 2.75) is 27.3 Å². The maximum atomic E-state index is 12.2. The van der Waals surface area contributed by atoms with Crippen molar-refractivity contribution in [1.29, 1.82) is 0 Å². The van der Waals surface area contributed by atoms with Crippen molar-refractivity contribution in [2.75, 3.05) is 11.9 Å². The number of aromatic nitrogens is 3. The third-order valence-electron chi connectivity index (χ3n) is 4.17. The van der Waals surface area contributed by atoms with Gasteiger partial charge in [0.05, 0.1) is 6.54 Å². The van der Waals surface area contributed by atoms with Crippen molar-refractivity contribution >= 4 is 23.1 Å². The van der Waals surface area contributed by atoms with Gasteiger partial charge in [-0.15, -0.1) is 5.10 Å². The van der Waals surface area contributed by atoms with Gasteiger partial charge in [-0.1, -0.05) is 23.8 Å². The molecule has 27 heavy (non-hydrogen) atoms. The first kappa shape index (κ1) is 18.4. The summed E-state index contributed by atoms with van der Waals surface area (Å²) >= 11 is 0. The average molecular weight is 367 g/mol. The maximum absolute atomic E-state index is 12.2. The molecule has 2 amide bonds. The summed E-state index contributed by atoms with van der Waals surface area (Å²) in [5.41, 5.74) is 3.84. The minimum Gasteiger partial charge on any atom is -0.345 e. The molecule has 0 spiro atoms. The van der Waals surface area contributed by atoms with E-state index in [-0.39, 0.29) is 19.0 Å². The molecule has 0 aliphatic heterocycles. The summed E-state index contributed by atoms with van der Waals surface area (Å²) in [6.07, 6.45) is 1.58. The van der Waals surface area contributed by atoms with Gasteiger partial charge in [0, 0.05) is 11.9 Å². The van der Waals surface area contributed by atoms with Gasteiger partial charge in [0.25, 0.3) is 0 Å². The van der Waals surface area contributed by atoms with Crippen LogP contribution in [-0.4, -0.2) is 32.5 Å². The quantitative estimate of drug-likeness (QED) is 0.707. The first-order chi connectivity index (χ1) is 12.8. The number of nitrogens with one attached hydrogen (secondary N) is 2. The van der Waals surface area contributed by atoms with Crippen LogP contribution in [0.2, 0.25) is 0 Å². The molecule has 0 aliphatic rings. The molecular formula is C19H21N5O3. The largest absolute Gasteiger partial charge is 0.350 e. The summed E-state index contributed by atoms with van der Waals surface area (Å²) < 4.78 is 2.42. The Morgan fingerprint density at radius 3 is 2.44 bits per heavy atom. The highest BCUT2D eigenvalue weighted by molar-refractivity contribution is 5.95. The Balaban J connectivity index is 1.59. The molecule has 1 aromatic carbocycles. The standard InChI is InChI=1S/C19H21N5O3/c1-12-8-13(2)18(14(3)9-12)21-16(25)10-20-17(26)11-24-19(27)23-7-5-4-6-15(23)22-24/h4-9H,10-11H2,1-3H3,(H,20,26)(H,21,25). The van der Waals surface area contributed by atoms with Crippen LogP contribution in [0.25, 0.3) is 5.65 Å². The van der Waals surface area contributed by atoms with Crippen molar-refractivity contribution < 1.29 is 9.59 Å². The predicted molar refractivity (Wildman–Crippen MR) is 102 cm³/mol. The molecule has 3 rings (SSSR count). The van der Waals surface area contributed by atoms with Crippen molar-refractivity contribution in [3.8, 4) is 0 Å². The van der Waals surface area contributed by atoms with E-state index in [1.165, 1.54) is 4.40 Å².